The number of aryl methyl sites for hydroxylation is 1. The molecule has 0 amide bonds. The number of imidazole rings is 1. The van der Waals surface area contributed by atoms with Crippen molar-refractivity contribution in [2.75, 3.05) is 20.2 Å². The van der Waals surface area contributed by atoms with E-state index in [1.165, 1.54) is 5.56 Å². The van der Waals surface area contributed by atoms with Crippen LogP contribution in [0.4, 0.5) is 0 Å². The molecule has 0 radical (unpaired) electrons. The highest BCUT2D eigenvalue weighted by molar-refractivity contribution is 5.41. The molecule has 2 aromatic rings. The molecule has 0 aromatic carbocycles. The third-order valence-electron chi connectivity index (χ3n) is 3.28. The molecule has 0 saturated carbocycles. The summed E-state index contributed by atoms with van der Waals surface area (Å²) >= 11 is 0. The van der Waals surface area contributed by atoms with Crippen LogP contribution in [-0.2, 0) is 6.54 Å². The zero-order valence-corrected chi connectivity index (χ0v) is 11.8. The first kappa shape index (κ1) is 14.0. The van der Waals surface area contributed by atoms with Gasteiger partial charge in [-0.3, -0.25) is 0 Å². The standard InChI is InChI=1S/C15H23N3O/c1-13-6-7-15-16-14(12-18(15)10-13)11-17(2)8-4-3-5-9-19/h6-7,10,12,19H,3-5,8-9,11H2,1-2H3. The first-order chi connectivity index (χ1) is 9.19. The van der Waals surface area contributed by atoms with Gasteiger partial charge < -0.3 is 14.4 Å². The molecule has 0 atom stereocenters. The van der Waals surface area contributed by atoms with Crippen molar-refractivity contribution in [2.24, 2.45) is 0 Å². The second-order valence-electron chi connectivity index (χ2n) is 5.23. The fourth-order valence-electron chi connectivity index (χ4n) is 2.26. The van der Waals surface area contributed by atoms with Crippen LogP contribution >= 0.6 is 0 Å². The van der Waals surface area contributed by atoms with Crippen molar-refractivity contribution in [3.05, 3.63) is 35.8 Å². The van der Waals surface area contributed by atoms with Gasteiger partial charge in [0.1, 0.15) is 5.65 Å². The summed E-state index contributed by atoms with van der Waals surface area (Å²) in [7, 11) is 2.12. The summed E-state index contributed by atoms with van der Waals surface area (Å²) in [6, 6.07) is 4.14. The Labute approximate surface area is 114 Å². The number of fused-ring (bicyclic) bond motifs is 1. The van der Waals surface area contributed by atoms with Gasteiger partial charge in [-0.05, 0) is 51.4 Å². The van der Waals surface area contributed by atoms with Crippen molar-refractivity contribution in [3.8, 4) is 0 Å². The Morgan fingerprint density at radius 3 is 2.84 bits per heavy atom. The van der Waals surface area contributed by atoms with Crippen LogP contribution in [0.3, 0.4) is 0 Å². The van der Waals surface area contributed by atoms with Crippen LogP contribution in [0.1, 0.15) is 30.5 Å². The predicted molar refractivity (Wildman–Crippen MR) is 77.2 cm³/mol. The van der Waals surface area contributed by atoms with Gasteiger partial charge in [0, 0.05) is 25.5 Å². The van der Waals surface area contributed by atoms with E-state index in [9.17, 15) is 0 Å². The summed E-state index contributed by atoms with van der Waals surface area (Å²) in [6.07, 6.45) is 7.33. The van der Waals surface area contributed by atoms with Gasteiger partial charge in [0.25, 0.3) is 0 Å². The Morgan fingerprint density at radius 2 is 2.05 bits per heavy atom. The highest BCUT2D eigenvalue weighted by Crippen LogP contribution is 2.09. The molecule has 0 bridgehead atoms. The lowest BCUT2D eigenvalue weighted by Gasteiger charge is -2.14. The maximum atomic E-state index is 8.74. The summed E-state index contributed by atoms with van der Waals surface area (Å²) in [5, 5.41) is 8.74. The summed E-state index contributed by atoms with van der Waals surface area (Å²) in [4.78, 5) is 6.90. The minimum atomic E-state index is 0.301. The van der Waals surface area contributed by atoms with E-state index >= 15 is 0 Å². The fraction of sp³-hybridized carbons (Fsp3) is 0.533. The van der Waals surface area contributed by atoms with E-state index in [0.717, 1.165) is 43.7 Å². The first-order valence-corrected chi connectivity index (χ1v) is 6.92. The highest BCUT2D eigenvalue weighted by atomic mass is 16.2. The molecule has 0 spiro atoms. The van der Waals surface area contributed by atoms with E-state index in [-0.39, 0.29) is 0 Å². The van der Waals surface area contributed by atoms with Crippen LogP contribution in [0.15, 0.2) is 24.5 Å². The van der Waals surface area contributed by atoms with E-state index in [1.54, 1.807) is 0 Å². The van der Waals surface area contributed by atoms with Crippen LogP contribution < -0.4 is 0 Å². The van der Waals surface area contributed by atoms with Gasteiger partial charge in [0.2, 0.25) is 0 Å². The average molecular weight is 261 g/mol. The lowest BCUT2D eigenvalue weighted by Crippen LogP contribution is -2.19. The largest absolute Gasteiger partial charge is 0.396 e. The first-order valence-electron chi connectivity index (χ1n) is 6.92. The number of aromatic nitrogens is 2. The molecule has 0 fully saturated rings. The second kappa shape index (κ2) is 6.68. The number of pyridine rings is 1. The molecule has 4 nitrogen and oxygen atoms in total. The molecule has 2 aromatic heterocycles. The average Bonchev–Trinajstić information content (AvgIpc) is 2.76. The molecular weight excluding hydrogens is 238 g/mol. The van der Waals surface area contributed by atoms with E-state index in [4.69, 9.17) is 5.11 Å². The van der Waals surface area contributed by atoms with Gasteiger partial charge in [-0.1, -0.05) is 6.07 Å². The van der Waals surface area contributed by atoms with Crippen molar-refractivity contribution < 1.29 is 5.11 Å². The molecule has 4 heteroatoms. The molecule has 2 heterocycles. The minimum Gasteiger partial charge on any atom is -0.396 e. The third kappa shape index (κ3) is 4.04. The van der Waals surface area contributed by atoms with Crippen LogP contribution in [0.25, 0.3) is 5.65 Å². The third-order valence-corrected chi connectivity index (χ3v) is 3.28. The monoisotopic (exact) mass is 261 g/mol. The van der Waals surface area contributed by atoms with E-state index in [0.29, 0.717) is 6.61 Å². The molecule has 19 heavy (non-hydrogen) atoms. The zero-order valence-electron chi connectivity index (χ0n) is 11.8. The number of hydrogen-bond donors (Lipinski definition) is 1. The molecular formula is C15H23N3O. The Morgan fingerprint density at radius 1 is 1.21 bits per heavy atom. The Kier molecular flexibility index (Phi) is 4.93. The fourth-order valence-corrected chi connectivity index (χ4v) is 2.26. The lowest BCUT2D eigenvalue weighted by atomic mass is 10.2. The quantitative estimate of drug-likeness (QED) is 0.777. The van der Waals surface area contributed by atoms with Crippen LogP contribution in [0.5, 0.6) is 0 Å². The molecule has 0 aliphatic rings. The van der Waals surface area contributed by atoms with Crippen molar-refractivity contribution in [3.63, 3.8) is 0 Å². The van der Waals surface area contributed by atoms with Gasteiger partial charge in [-0.15, -0.1) is 0 Å². The Balaban J connectivity index is 1.89. The summed E-state index contributed by atoms with van der Waals surface area (Å²) in [6.45, 7) is 4.31. The number of aliphatic hydroxyl groups is 1. The van der Waals surface area contributed by atoms with Crippen molar-refractivity contribution >= 4 is 5.65 Å². The maximum Gasteiger partial charge on any atom is 0.137 e. The topological polar surface area (TPSA) is 40.8 Å². The molecule has 0 saturated heterocycles. The van der Waals surface area contributed by atoms with Gasteiger partial charge in [0.15, 0.2) is 0 Å². The highest BCUT2D eigenvalue weighted by Gasteiger charge is 2.05. The number of rotatable bonds is 7. The molecule has 1 N–H and O–H groups in total. The number of unbranched alkanes of at least 4 members (excludes halogenated alkanes) is 2. The zero-order chi connectivity index (χ0) is 13.7. The minimum absolute atomic E-state index is 0.301. The normalized spacial score (nSPS) is 11.6. The van der Waals surface area contributed by atoms with Crippen LogP contribution in [-0.4, -0.2) is 39.6 Å². The smallest absolute Gasteiger partial charge is 0.137 e. The maximum absolute atomic E-state index is 8.74. The second-order valence-corrected chi connectivity index (χ2v) is 5.23. The van der Waals surface area contributed by atoms with Crippen molar-refractivity contribution in [1.82, 2.24) is 14.3 Å². The number of hydrogen-bond acceptors (Lipinski definition) is 3. The Hall–Kier alpha value is -1.39. The molecule has 2 rings (SSSR count). The van der Waals surface area contributed by atoms with Gasteiger partial charge in [0.05, 0.1) is 5.69 Å². The summed E-state index contributed by atoms with van der Waals surface area (Å²) < 4.78 is 2.09. The van der Waals surface area contributed by atoms with Gasteiger partial charge in [-0.2, -0.15) is 0 Å². The SMILES string of the molecule is Cc1ccc2nc(CN(C)CCCCCO)cn2c1. The summed E-state index contributed by atoms with van der Waals surface area (Å²) in [5.74, 6) is 0. The molecule has 0 aliphatic carbocycles. The Bertz CT molecular complexity index is 521. The van der Waals surface area contributed by atoms with E-state index in [1.807, 2.05) is 0 Å². The molecule has 104 valence electrons. The molecule has 0 unspecified atom stereocenters. The number of nitrogens with zero attached hydrogens (tertiary/aromatic N) is 3. The molecule has 0 aliphatic heterocycles. The number of aliphatic hydroxyl groups excluding tert-OH is 1. The van der Waals surface area contributed by atoms with E-state index < -0.39 is 0 Å². The predicted octanol–water partition coefficient (Wildman–Crippen LogP) is 2.24. The summed E-state index contributed by atoms with van der Waals surface area (Å²) in [5.41, 5.74) is 3.36. The van der Waals surface area contributed by atoms with Crippen LogP contribution in [0, 0.1) is 6.92 Å². The van der Waals surface area contributed by atoms with Crippen molar-refractivity contribution in [1.29, 1.82) is 0 Å². The lowest BCUT2D eigenvalue weighted by molar-refractivity contribution is 0.270. The van der Waals surface area contributed by atoms with Crippen molar-refractivity contribution in [2.45, 2.75) is 32.7 Å². The van der Waals surface area contributed by atoms with Gasteiger partial charge >= 0.3 is 0 Å². The van der Waals surface area contributed by atoms with Gasteiger partial charge in [-0.25, -0.2) is 4.98 Å². The van der Waals surface area contributed by atoms with E-state index in [2.05, 4.69) is 52.8 Å². The van der Waals surface area contributed by atoms with Crippen LogP contribution in [0.2, 0.25) is 0 Å².